The lowest BCUT2D eigenvalue weighted by Crippen LogP contribution is -2.00. The van der Waals surface area contributed by atoms with Gasteiger partial charge in [0.15, 0.2) is 0 Å². The summed E-state index contributed by atoms with van der Waals surface area (Å²) < 4.78 is 1.08. The van der Waals surface area contributed by atoms with Crippen molar-refractivity contribution < 1.29 is 0 Å². The Morgan fingerprint density at radius 1 is 1.47 bits per heavy atom. The average Bonchev–Trinajstić information content (AvgIpc) is 2.62. The van der Waals surface area contributed by atoms with Gasteiger partial charge in [-0.15, -0.1) is 5.10 Å². The van der Waals surface area contributed by atoms with Gasteiger partial charge >= 0.3 is 0 Å². The largest absolute Gasteiger partial charge is 0.349 e. The van der Waals surface area contributed by atoms with Gasteiger partial charge in [0.05, 0.1) is 0 Å². The van der Waals surface area contributed by atoms with E-state index in [-0.39, 0.29) is 0 Å². The van der Waals surface area contributed by atoms with Gasteiger partial charge in [-0.05, 0) is 24.6 Å². The molecule has 0 radical (unpaired) electrons. The fourth-order valence-electron chi connectivity index (χ4n) is 1.25. The van der Waals surface area contributed by atoms with Crippen molar-refractivity contribution in [3.8, 4) is 0 Å². The summed E-state index contributed by atoms with van der Waals surface area (Å²) in [5.41, 5.74) is 1.19. The molecule has 0 unspecified atom stereocenters. The number of aromatic amines is 1. The first-order valence-corrected chi connectivity index (χ1v) is 5.40. The van der Waals surface area contributed by atoms with Gasteiger partial charge in [0.25, 0.3) is 0 Å². The zero-order chi connectivity index (χ0) is 10.7. The molecule has 2 aromatic rings. The fourth-order valence-corrected chi connectivity index (χ4v) is 1.70. The molecule has 0 amide bonds. The van der Waals surface area contributed by atoms with Crippen molar-refractivity contribution in [1.82, 2.24) is 15.2 Å². The number of hydrogen-bond donors (Lipinski definition) is 2. The molecule has 0 aliphatic carbocycles. The third-order valence-electron chi connectivity index (χ3n) is 1.94. The van der Waals surface area contributed by atoms with Crippen molar-refractivity contribution in [1.29, 1.82) is 0 Å². The van der Waals surface area contributed by atoms with E-state index >= 15 is 0 Å². The number of H-pyrrole nitrogens is 1. The first kappa shape index (κ1) is 10.2. The maximum atomic E-state index is 4.16. The van der Waals surface area contributed by atoms with Crippen LogP contribution in [-0.2, 0) is 6.54 Å². The highest BCUT2D eigenvalue weighted by atomic mass is 79.9. The average molecular weight is 267 g/mol. The monoisotopic (exact) mass is 266 g/mol. The van der Waals surface area contributed by atoms with E-state index in [1.807, 2.05) is 19.1 Å². The summed E-state index contributed by atoms with van der Waals surface area (Å²) in [6, 6.07) is 8.12. The number of nitrogens with zero attached hydrogens (tertiary/aromatic N) is 2. The van der Waals surface area contributed by atoms with Crippen LogP contribution < -0.4 is 5.32 Å². The molecule has 2 N–H and O–H groups in total. The van der Waals surface area contributed by atoms with Crippen molar-refractivity contribution >= 4 is 21.9 Å². The summed E-state index contributed by atoms with van der Waals surface area (Å²) in [6.45, 7) is 2.59. The van der Waals surface area contributed by atoms with Crippen molar-refractivity contribution in [2.24, 2.45) is 0 Å². The van der Waals surface area contributed by atoms with E-state index in [1.165, 1.54) is 5.56 Å². The van der Waals surface area contributed by atoms with E-state index in [4.69, 9.17) is 0 Å². The second kappa shape index (κ2) is 4.44. The molecular weight excluding hydrogens is 256 g/mol. The fraction of sp³-hybridized carbons (Fsp3) is 0.200. The van der Waals surface area contributed by atoms with Crippen LogP contribution in [0.5, 0.6) is 0 Å². The Morgan fingerprint density at radius 3 is 3.00 bits per heavy atom. The number of benzene rings is 1. The lowest BCUT2D eigenvalue weighted by Gasteiger charge is -2.02. The molecule has 1 heterocycles. The van der Waals surface area contributed by atoms with Crippen LogP contribution in [0.4, 0.5) is 5.95 Å². The molecule has 0 spiro atoms. The molecule has 0 saturated heterocycles. The first-order valence-electron chi connectivity index (χ1n) is 4.61. The minimum Gasteiger partial charge on any atom is -0.349 e. The third kappa shape index (κ3) is 2.79. The maximum Gasteiger partial charge on any atom is 0.242 e. The number of rotatable bonds is 3. The Kier molecular flexibility index (Phi) is 3.01. The first-order chi connectivity index (χ1) is 7.24. The van der Waals surface area contributed by atoms with Gasteiger partial charge in [-0.1, -0.05) is 28.1 Å². The summed E-state index contributed by atoms with van der Waals surface area (Å²) >= 11 is 3.43. The molecule has 0 aliphatic heterocycles. The minimum atomic E-state index is 0.632. The highest BCUT2D eigenvalue weighted by molar-refractivity contribution is 9.10. The molecule has 4 nitrogen and oxygen atoms in total. The van der Waals surface area contributed by atoms with Crippen LogP contribution in [-0.4, -0.2) is 15.2 Å². The van der Waals surface area contributed by atoms with E-state index < -0.39 is 0 Å². The Morgan fingerprint density at radius 2 is 2.33 bits per heavy atom. The van der Waals surface area contributed by atoms with Crippen molar-refractivity contribution in [2.45, 2.75) is 13.5 Å². The Balaban J connectivity index is 1.99. The molecule has 1 aromatic carbocycles. The molecule has 0 saturated carbocycles. The van der Waals surface area contributed by atoms with E-state index in [0.717, 1.165) is 16.8 Å². The summed E-state index contributed by atoms with van der Waals surface area (Å²) in [6.07, 6.45) is 0. The Hall–Kier alpha value is -1.36. The number of aryl methyl sites for hydroxylation is 1. The maximum absolute atomic E-state index is 4.16. The lowest BCUT2D eigenvalue weighted by molar-refractivity contribution is 1.02. The van der Waals surface area contributed by atoms with Gasteiger partial charge in [-0.25, -0.2) is 0 Å². The van der Waals surface area contributed by atoms with Crippen LogP contribution in [0.15, 0.2) is 28.7 Å². The summed E-state index contributed by atoms with van der Waals surface area (Å²) in [4.78, 5) is 4.16. The molecule has 0 atom stereocenters. The molecule has 15 heavy (non-hydrogen) atoms. The molecule has 0 aliphatic rings. The van der Waals surface area contributed by atoms with Gasteiger partial charge in [0.1, 0.15) is 5.82 Å². The van der Waals surface area contributed by atoms with Crippen LogP contribution in [0.2, 0.25) is 0 Å². The zero-order valence-corrected chi connectivity index (χ0v) is 9.87. The quantitative estimate of drug-likeness (QED) is 0.898. The van der Waals surface area contributed by atoms with Gasteiger partial charge < -0.3 is 5.32 Å². The lowest BCUT2D eigenvalue weighted by atomic mass is 10.2. The summed E-state index contributed by atoms with van der Waals surface area (Å²) in [5, 5.41) is 9.91. The normalized spacial score (nSPS) is 10.3. The molecular formula is C10H11BrN4. The Bertz CT molecular complexity index is 452. The predicted octanol–water partition coefficient (Wildman–Crippen LogP) is 2.49. The van der Waals surface area contributed by atoms with Gasteiger partial charge in [-0.2, -0.15) is 4.98 Å². The van der Waals surface area contributed by atoms with Crippen LogP contribution in [0.25, 0.3) is 0 Å². The smallest absolute Gasteiger partial charge is 0.242 e. The number of anilines is 1. The van der Waals surface area contributed by atoms with Gasteiger partial charge in [0.2, 0.25) is 5.95 Å². The van der Waals surface area contributed by atoms with E-state index in [2.05, 4.69) is 48.6 Å². The predicted molar refractivity (Wildman–Crippen MR) is 62.6 cm³/mol. The molecule has 0 bridgehead atoms. The third-order valence-corrected chi connectivity index (χ3v) is 2.43. The van der Waals surface area contributed by atoms with Gasteiger partial charge in [-0.3, -0.25) is 5.10 Å². The molecule has 78 valence electrons. The molecule has 5 heteroatoms. The molecule has 1 aromatic heterocycles. The number of aromatic nitrogens is 3. The summed E-state index contributed by atoms with van der Waals surface area (Å²) in [7, 11) is 0. The Labute approximate surface area is 96.3 Å². The topological polar surface area (TPSA) is 53.6 Å². The van der Waals surface area contributed by atoms with Crippen molar-refractivity contribution in [3.63, 3.8) is 0 Å². The molecule has 2 rings (SSSR count). The van der Waals surface area contributed by atoms with Crippen LogP contribution in [0, 0.1) is 6.92 Å². The zero-order valence-electron chi connectivity index (χ0n) is 8.29. The standard InChI is InChI=1S/C10H11BrN4/c1-7-13-10(15-14-7)12-6-8-3-2-4-9(11)5-8/h2-5H,6H2,1H3,(H2,12,13,14,15). The summed E-state index contributed by atoms with van der Waals surface area (Å²) in [5.74, 6) is 1.44. The number of hydrogen-bond acceptors (Lipinski definition) is 3. The van der Waals surface area contributed by atoms with Crippen molar-refractivity contribution in [3.05, 3.63) is 40.1 Å². The number of nitrogens with one attached hydrogen (secondary N) is 2. The van der Waals surface area contributed by atoms with Crippen LogP contribution in [0.3, 0.4) is 0 Å². The van der Waals surface area contributed by atoms with Crippen LogP contribution >= 0.6 is 15.9 Å². The van der Waals surface area contributed by atoms with E-state index in [0.29, 0.717) is 5.95 Å². The highest BCUT2D eigenvalue weighted by Gasteiger charge is 1.98. The highest BCUT2D eigenvalue weighted by Crippen LogP contribution is 2.12. The van der Waals surface area contributed by atoms with E-state index in [1.54, 1.807) is 0 Å². The second-order valence-electron chi connectivity index (χ2n) is 3.23. The van der Waals surface area contributed by atoms with E-state index in [9.17, 15) is 0 Å². The van der Waals surface area contributed by atoms with Crippen molar-refractivity contribution in [2.75, 3.05) is 5.32 Å². The number of halogens is 1. The minimum absolute atomic E-state index is 0.632. The van der Waals surface area contributed by atoms with Crippen LogP contribution in [0.1, 0.15) is 11.4 Å². The molecule has 0 fully saturated rings. The van der Waals surface area contributed by atoms with Gasteiger partial charge in [0, 0.05) is 11.0 Å². The second-order valence-corrected chi connectivity index (χ2v) is 4.14. The SMILES string of the molecule is Cc1nc(NCc2cccc(Br)c2)n[nH]1.